The fraction of sp³-hybridized carbons (Fsp3) is 0.800. The summed E-state index contributed by atoms with van der Waals surface area (Å²) in [5.74, 6) is -0.953. The average molecular weight is 298 g/mol. The van der Waals surface area contributed by atoms with Crippen LogP contribution in [0.3, 0.4) is 0 Å². The number of amides is 2. The lowest BCUT2D eigenvalue weighted by molar-refractivity contribution is -0.138. The number of hydrogen-bond donors (Lipinski definition) is 2. The van der Waals surface area contributed by atoms with Gasteiger partial charge in [-0.1, -0.05) is 13.8 Å². The molecule has 0 spiro atoms. The Morgan fingerprint density at radius 1 is 1.43 bits per heavy atom. The lowest BCUT2D eigenvalue weighted by atomic mass is 9.94. The van der Waals surface area contributed by atoms with Crippen LogP contribution in [0.1, 0.15) is 40.0 Å². The highest BCUT2D eigenvalue weighted by Crippen LogP contribution is 2.19. The number of carbonyl (C=O) groups excluding carboxylic acids is 2. The molecule has 2 N–H and O–H groups in total. The number of rotatable bonds is 8. The van der Waals surface area contributed by atoms with Crippen LogP contribution < -0.4 is 5.32 Å². The Labute approximate surface area is 125 Å². The number of likely N-dealkylation sites (tertiary alicyclic amines) is 1. The Morgan fingerprint density at radius 2 is 2.10 bits per heavy atom. The summed E-state index contributed by atoms with van der Waals surface area (Å²) in [5, 5.41) is 11.7. The van der Waals surface area contributed by atoms with Crippen molar-refractivity contribution >= 4 is 17.8 Å². The highest BCUT2D eigenvalue weighted by Gasteiger charge is 2.33. The molecule has 1 aliphatic heterocycles. The van der Waals surface area contributed by atoms with Gasteiger partial charge in [0.1, 0.15) is 0 Å². The molecule has 1 aliphatic rings. The summed E-state index contributed by atoms with van der Waals surface area (Å²) in [7, 11) is 0. The Balaban J connectivity index is 2.46. The van der Waals surface area contributed by atoms with Crippen molar-refractivity contribution in [1.29, 1.82) is 0 Å². The van der Waals surface area contributed by atoms with Crippen molar-refractivity contribution in [2.75, 3.05) is 19.6 Å². The van der Waals surface area contributed by atoms with Crippen LogP contribution in [0.15, 0.2) is 0 Å². The minimum atomic E-state index is -0.844. The van der Waals surface area contributed by atoms with Gasteiger partial charge in [-0.3, -0.25) is 14.4 Å². The van der Waals surface area contributed by atoms with Gasteiger partial charge in [-0.05, 0) is 25.2 Å². The molecule has 0 saturated carbocycles. The van der Waals surface area contributed by atoms with E-state index in [-0.39, 0.29) is 36.5 Å². The minimum absolute atomic E-state index is 0.0157. The molecular weight excluding hydrogens is 272 g/mol. The van der Waals surface area contributed by atoms with Crippen LogP contribution >= 0.6 is 0 Å². The highest BCUT2D eigenvalue weighted by atomic mass is 16.4. The van der Waals surface area contributed by atoms with E-state index in [0.717, 1.165) is 6.42 Å². The fourth-order valence-corrected chi connectivity index (χ4v) is 2.80. The molecule has 0 bridgehead atoms. The maximum atomic E-state index is 12.1. The van der Waals surface area contributed by atoms with Crippen LogP contribution in [0.25, 0.3) is 0 Å². The van der Waals surface area contributed by atoms with Crippen molar-refractivity contribution < 1.29 is 19.5 Å². The Bertz CT molecular complexity index is 395. The third kappa shape index (κ3) is 5.73. The number of aliphatic carboxylic acids is 1. The molecule has 0 aliphatic carbocycles. The van der Waals surface area contributed by atoms with Gasteiger partial charge >= 0.3 is 5.97 Å². The molecule has 6 heteroatoms. The van der Waals surface area contributed by atoms with E-state index in [1.165, 1.54) is 0 Å². The summed E-state index contributed by atoms with van der Waals surface area (Å²) in [6, 6.07) is 0. The van der Waals surface area contributed by atoms with Gasteiger partial charge in [0.15, 0.2) is 0 Å². The molecule has 1 heterocycles. The minimum Gasteiger partial charge on any atom is -0.481 e. The Hall–Kier alpha value is -1.59. The quantitative estimate of drug-likeness (QED) is 0.703. The van der Waals surface area contributed by atoms with Gasteiger partial charge in [-0.15, -0.1) is 0 Å². The summed E-state index contributed by atoms with van der Waals surface area (Å²) in [4.78, 5) is 36.2. The van der Waals surface area contributed by atoms with Crippen LogP contribution in [-0.4, -0.2) is 47.4 Å². The molecule has 0 aromatic carbocycles. The monoisotopic (exact) mass is 298 g/mol. The lowest BCUT2D eigenvalue weighted by Crippen LogP contribution is -2.36. The zero-order valence-corrected chi connectivity index (χ0v) is 13.1. The number of carboxylic acids is 1. The number of nitrogens with zero attached hydrogens (tertiary/aromatic N) is 1. The predicted octanol–water partition coefficient (Wildman–Crippen LogP) is 1.11. The van der Waals surface area contributed by atoms with Crippen LogP contribution in [-0.2, 0) is 14.4 Å². The van der Waals surface area contributed by atoms with E-state index in [1.807, 2.05) is 20.8 Å². The first-order valence-corrected chi connectivity index (χ1v) is 7.60. The van der Waals surface area contributed by atoms with Crippen molar-refractivity contribution in [3.63, 3.8) is 0 Å². The second-order valence-corrected chi connectivity index (χ2v) is 6.17. The largest absolute Gasteiger partial charge is 0.481 e. The van der Waals surface area contributed by atoms with Gasteiger partial charge in [0.25, 0.3) is 0 Å². The number of carboxylic acid groups (broad SMARTS) is 1. The number of nitrogens with one attached hydrogen (secondary N) is 1. The van der Waals surface area contributed by atoms with Crippen molar-refractivity contribution in [2.45, 2.75) is 40.0 Å². The molecular formula is C15H26N2O4. The summed E-state index contributed by atoms with van der Waals surface area (Å²) >= 11 is 0. The highest BCUT2D eigenvalue weighted by molar-refractivity contribution is 5.89. The van der Waals surface area contributed by atoms with Crippen molar-refractivity contribution in [3.8, 4) is 0 Å². The molecule has 6 nitrogen and oxygen atoms in total. The zero-order valence-electron chi connectivity index (χ0n) is 13.1. The summed E-state index contributed by atoms with van der Waals surface area (Å²) in [5.41, 5.74) is 0. The number of carbonyl (C=O) groups is 3. The van der Waals surface area contributed by atoms with E-state index in [9.17, 15) is 14.4 Å². The van der Waals surface area contributed by atoms with Crippen LogP contribution in [0.2, 0.25) is 0 Å². The predicted molar refractivity (Wildman–Crippen MR) is 78.6 cm³/mol. The summed E-state index contributed by atoms with van der Waals surface area (Å²) < 4.78 is 0. The normalized spacial score (nSPS) is 19.9. The maximum absolute atomic E-state index is 12.1. The zero-order chi connectivity index (χ0) is 16.0. The lowest BCUT2D eigenvalue weighted by Gasteiger charge is -2.19. The van der Waals surface area contributed by atoms with E-state index >= 15 is 0 Å². The molecule has 2 atom stereocenters. The molecule has 0 radical (unpaired) electrons. The second-order valence-electron chi connectivity index (χ2n) is 6.17. The van der Waals surface area contributed by atoms with Crippen LogP contribution in [0.4, 0.5) is 0 Å². The van der Waals surface area contributed by atoms with E-state index in [0.29, 0.717) is 25.6 Å². The molecule has 120 valence electrons. The first-order valence-electron chi connectivity index (χ1n) is 7.60. The van der Waals surface area contributed by atoms with Gasteiger partial charge in [0, 0.05) is 32.5 Å². The molecule has 0 aromatic heterocycles. The number of hydrogen-bond acceptors (Lipinski definition) is 3. The van der Waals surface area contributed by atoms with Crippen molar-refractivity contribution in [1.82, 2.24) is 10.2 Å². The Morgan fingerprint density at radius 3 is 2.57 bits per heavy atom. The molecule has 1 rings (SSSR count). The first-order chi connectivity index (χ1) is 9.83. The average Bonchev–Trinajstić information content (AvgIpc) is 2.75. The summed E-state index contributed by atoms with van der Waals surface area (Å²) in [6.45, 7) is 7.41. The van der Waals surface area contributed by atoms with Gasteiger partial charge in [0.2, 0.25) is 11.8 Å². The summed E-state index contributed by atoms with van der Waals surface area (Å²) in [6.07, 6.45) is 1.08. The van der Waals surface area contributed by atoms with Crippen molar-refractivity contribution in [2.24, 2.45) is 17.8 Å². The fourth-order valence-electron chi connectivity index (χ4n) is 2.80. The molecule has 1 saturated heterocycles. The molecule has 1 fully saturated rings. The Kier molecular flexibility index (Phi) is 6.65. The second kappa shape index (κ2) is 8.00. The molecule has 1 unspecified atom stereocenters. The van der Waals surface area contributed by atoms with Crippen LogP contribution in [0.5, 0.6) is 0 Å². The molecule has 21 heavy (non-hydrogen) atoms. The topological polar surface area (TPSA) is 86.7 Å². The van der Waals surface area contributed by atoms with E-state index in [1.54, 1.807) is 4.90 Å². The first kappa shape index (κ1) is 17.5. The maximum Gasteiger partial charge on any atom is 0.303 e. The SMILES string of the molecule is CCN1CC(C(=O)NC[C@H](CC(=O)O)CC(C)C)CC1=O. The molecule has 2 amide bonds. The third-order valence-electron chi connectivity index (χ3n) is 3.80. The van der Waals surface area contributed by atoms with Crippen molar-refractivity contribution in [3.05, 3.63) is 0 Å². The van der Waals surface area contributed by atoms with E-state index in [4.69, 9.17) is 5.11 Å². The smallest absolute Gasteiger partial charge is 0.303 e. The van der Waals surface area contributed by atoms with Crippen LogP contribution in [0, 0.1) is 17.8 Å². The molecule has 0 aromatic rings. The van der Waals surface area contributed by atoms with Gasteiger partial charge in [-0.2, -0.15) is 0 Å². The van der Waals surface area contributed by atoms with Gasteiger partial charge in [0.05, 0.1) is 5.92 Å². The van der Waals surface area contributed by atoms with Gasteiger partial charge in [-0.25, -0.2) is 0 Å². The third-order valence-corrected chi connectivity index (χ3v) is 3.80. The van der Waals surface area contributed by atoms with E-state index in [2.05, 4.69) is 5.32 Å². The standard InChI is InChI=1S/C15H26N2O4/c1-4-17-9-12(7-13(17)18)15(21)16-8-11(5-10(2)3)6-14(19)20/h10-12H,4-9H2,1-3H3,(H,16,21)(H,19,20)/t11-,12?/m0/s1. The van der Waals surface area contributed by atoms with E-state index < -0.39 is 5.97 Å². The van der Waals surface area contributed by atoms with Gasteiger partial charge < -0.3 is 15.3 Å².